The van der Waals surface area contributed by atoms with Gasteiger partial charge in [0.05, 0.1) is 11.2 Å². The molecule has 2 fully saturated rings. The number of fused-ring (bicyclic) bond motifs is 1. The van der Waals surface area contributed by atoms with Crippen LogP contribution in [0.1, 0.15) is 28.0 Å². The second-order valence-corrected chi connectivity index (χ2v) is 6.37. The summed E-state index contributed by atoms with van der Waals surface area (Å²) in [5, 5.41) is 4.48. The molecule has 2 aliphatic heterocycles. The summed E-state index contributed by atoms with van der Waals surface area (Å²) in [5.41, 5.74) is 0. The predicted octanol–water partition coefficient (Wildman–Crippen LogP) is 1.39. The number of carbonyl (C=O) groups excluding carboxylic acids is 1. The topological polar surface area (TPSA) is 45.2 Å². The minimum absolute atomic E-state index is 0.184. The minimum atomic E-state index is 0.184. The summed E-state index contributed by atoms with van der Waals surface area (Å²) in [6, 6.07) is 0. The summed E-state index contributed by atoms with van der Waals surface area (Å²) < 4.78 is 0. The Labute approximate surface area is 111 Å². The van der Waals surface area contributed by atoms with Gasteiger partial charge in [-0.05, 0) is 24.7 Å². The Morgan fingerprint density at radius 1 is 1.50 bits per heavy atom. The van der Waals surface area contributed by atoms with Crippen LogP contribution >= 0.6 is 11.3 Å². The summed E-state index contributed by atoms with van der Waals surface area (Å²) in [6.07, 6.45) is 3.82. The normalized spacial score (nSPS) is 26.6. The van der Waals surface area contributed by atoms with Gasteiger partial charge in [-0.3, -0.25) is 4.79 Å². The summed E-state index contributed by atoms with van der Waals surface area (Å²) in [7, 11) is 0. The molecule has 3 heterocycles. The van der Waals surface area contributed by atoms with Crippen LogP contribution in [0.3, 0.4) is 0 Å². The quantitative estimate of drug-likeness (QED) is 0.898. The minimum Gasteiger partial charge on any atom is -0.337 e. The number of nitrogens with zero attached hydrogens (tertiary/aromatic N) is 2. The van der Waals surface area contributed by atoms with E-state index in [9.17, 15) is 4.79 Å². The van der Waals surface area contributed by atoms with Crippen molar-refractivity contribution in [3.05, 3.63) is 16.1 Å². The molecule has 0 aromatic carbocycles. The number of thiazole rings is 1. The smallest absolute Gasteiger partial charge is 0.265 e. The van der Waals surface area contributed by atoms with Crippen LogP contribution in [-0.2, 0) is 6.42 Å². The fraction of sp³-hybridized carbons (Fsp3) is 0.692. The molecule has 4 nitrogen and oxygen atoms in total. The van der Waals surface area contributed by atoms with Gasteiger partial charge in [-0.1, -0.05) is 6.92 Å². The van der Waals surface area contributed by atoms with Crippen LogP contribution in [0.4, 0.5) is 0 Å². The average molecular weight is 265 g/mol. The van der Waals surface area contributed by atoms with Crippen molar-refractivity contribution in [2.24, 2.45) is 11.8 Å². The maximum absolute atomic E-state index is 12.4. The van der Waals surface area contributed by atoms with Crippen molar-refractivity contribution in [2.45, 2.75) is 19.8 Å². The maximum Gasteiger partial charge on any atom is 0.265 e. The number of aromatic nitrogens is 1. The third-order valence-electron chi connectivity index (χ3n) is 3.90. The molecule has 2 aliphatic rings. The first kappa shape index (κ1) is 12.1. The Morgan fingerprint density at radius 2 is 2.22 bits per heavy atom. The summed E-state index contributed by atoms with van der Waals surface area (Å²) in [4.78, 5) is 19.5. The third-order valence-corrected chi connectivity index (χ3v) is 4.95. The number of hydrogen-bond donors (Lipinski definition) is 1. The highest BCUT2D eigenvalue weighted by Gasteiger charge is 2.38. The number of hydrogen-bond acceptors (Lipinski definition) is 4. The van der Waals surface area contributed by atoms with E-state index in [1.54, 1.807) is 17.5 Å². The fourth-order valence-electron chi connectivity index (χ4n) is 2.92. The van der Waals surface area contributed by atoms with Gasteiger partial charge in [0.25, 0.3) is 5.91 Å². The molecule has 5 heteroatoms. The van der Waals surface area contributed by atoms with E-state index < -0.39 is 0 Å². The molecule has 1 aromatic rings. The zero-order valence-electron chi connectivity index (χ0n) is 10.7. The molecule has 2 atom stereocenters. The summed E-state index contributed by atoms with van der Waals surface area (Å²) in [5.74, 6) is 1.51. The van der Waals surface area contributed by atoms with Crippen LogP contribution in [0.15, 0.2) is 6.20 Å². The van der Waals surface area contributed by atoms with E-state index in [0.717, 1.165) is 48.9 Å². The van der Waals surface area contributed by atoms with Crippen molar-refractivity contribution in [3.63, 3.8) is 0 Å². The summed E-state index contributed by atoms with van der Waals surface area (Å²) >= 11 is 1.56. The van der Waals surface area contributed by atoms with E-state index in [1.165, 1.54) is 0 Å². The Bertz CT molecular complexity index is 433. The first-order chi connectivity index (χ1) is 8.78. The molecule has 1 amide bonds. The van der Waals surface area contributed by atoms with Gasteiger partial charge in [0, 0.05) is 26.2 Å². The van der Waals surface area contributed by atoms with Gasteiger partial charge in [-0.15, -0.1) is 11.3 Å². The summed E-state index contributed by atoms with van der Waals surface area (Å²) in [6.45, 7) is 6.10. The van der Waals surface area contributed by atoms with Gasteiger partial charge >= 0.3 is 0 Å². The monoisotopic (exact) mass is 265 g/mol. The van der Waals surface area contributed by atoms with E-state index in [2.05, 4.69) is 17.2 Å². The fourth-order valence-corrected chi connectivity index (χ4v) is 3.90. The van der Waals surface area contributed by atoms with E-state index in [-0.39, 0.29) is 5.91 Å². The van der Waals surface area contributed by atoms with Gasteiger partial charge in [0.1, 0.15) is 4.88 Å². The van der Waals surface area contributed by atoms with Crippen LogP contribution < -0.4 is 5.32 Å². The lowest BCUT2D eigenvalue weighted by Crippen LogP contribution is -2.31. The Morgan fingerprint density at radius 3 is 2.89 bits per heavy atom. The number of likely N-dealkylation sites (tertiary alicyclic amines) is 1. The molecule has 18 heavy (non-hydrogen) atoms. The van der Waals surface area contributed by atoms with Gasteiger partial charge < -0.3 is 10.2 Å². The molecule has 98 valence electrons. The molecule has 0 radical (unpaired) electrons. The van der Waals surface area contributed by atoms with Crippen molar-refractivity contribution in [1.29, 1.82) is 0 Å². The number of amides is 1. The first-order valence-corrected chi connectivity index (χ1v) is 7.54. The molecule has 0 spiro atoms. The molecule has 0 saturated carbocycles. The molecule has 0 unspecified atom stereocenters. The van der Waals surface area contributed by atoms with Crippen molar-refractivity contribution in [2.75, 3.05) is 26.2 Å². The lowest BCUT2D eigenvalue weighted by atomic mass is 10.0. The SMILES string of the molecule is CCCc1ncc(C(=O)N2C[C@H]3CNC[C@H]3C2)s1. The Balaban J connectivity index is 1.67. The number of rotatable bonds is 3. The Kier molecular flexibility index (Phi) is 3.35. The highest BCUT2D eigenvalue weighted by molar-refractivity contribution is 7.13. The molecule has 1 N–H and O–H groups in total. The number of aryl methyl sites for hydroxylation is 1. The number of carbonyl (C=O) groups is 1. The van der Waals surface area contributed by atoms with Crippen molar-refractivity contribution in [3.8, 4) is 0 Å². The predicted molar refractivity (Wildman–Crippen MR) is 71.9 cm³/mol. The van der Waals surface area contributed by atoms with Crippen LogP contribution in [0.5, 0.6) is 0 Å². The van der Waals surface area contributed by atoms with Crippen LogP contribution in [0.2, 0.25) is 0 Å². The van der Waals surface area contributed by atoms with E-state index in [4.69, 9.17) is 0 Å². The van der Waals surface area contributed by atoms with E-state index in [1.807, 2.05) is 4.90 Å². The molecule has 0 aliphatic carbocycles. The van der Waals surface area contributed by atoms with E-state index in [0.29, 0.717) is 11.8 Å². The van der Waals surface area contributed by atoms with Gasteiger partial charge in [0.2, 0.25) is 0 Å². The molecular weight excluding hydrogens is 246 g/mol. The van der Waals surface area contributed by atoms with Crippen molar-refractivity contribution in [1.82, 2.24) is 15.2 Å². The maximum atomic E-state index is 12.4. The van der Waals surface area contributed by atoms with Crippen molar-refractivity contribution < 1.29 is 4.79 Å². The molecule has 0 bridgehead atoms. The lowest BCUT2D eigenvalue weighted by molar-refractivity contribution is 0.0786. The zero-order chi connectivity index (χ0) is 12.5. The first-order valence-electron chi connectivity index (χ1n) is 6.72. The second-order valence-electron chi connectivity index (χ2n) is 5.26. The van der Waals surface area contributed by atoms with Gasteiger partial charge in [0.15, 0.2) is 0 Å². The molecule has 3 rings (SSSR count). The lowest BCUT2D eigenvalue weighted by Gasteiger charge is -2.15. The molecule has 2 saturated heterocycles. The third kappa shape index (κ3) is 2.17. The Hall–Kier alpha value is -0.940. The average Bonchev–Trinajstić information content (AvgIpc) is 3.02. The number of nitrogens with one attached hydrogen (secondary N) is 1. The van der Waals surface area contributed by atoms with Crippen molar-refractivity contribution >= 4 is 17.2 Å². The van der Waals surface area contributed by atoms with Crippen LogP contribution in [0, 0.1) is 11.8 Å². The van der Waals surface area contributed by atoms with Gasteiger partial charge in [-0.25, -0.2) is 4.98 Å². The highest BCUT2D eigenvalue weighted by Crippen LogP contribution is 2.28. The second kappa shape index (κ2) is 4.97. The zero-order valence-corrected chi connectivity index (χ0v) is 11.5. The van der Waals surface area contributed by atoms with Crippen LogP contribution in [0.25, 0.3) is 0 Å². The largest absolute Gasteiger partial charge is 0.337 e. The highest BCUT2D eigenvalue weighted by atomic mass is 32.1. The van der Waals surface area contributed by atoms with Crippen LogP contribution in [-0.4, -0.2) is 42.0 Å². The molecular formula is C13H19N3OS. The van der Waals surface area contributed by atoms with E-state index >= 15 is 0 Å². The van der Waals surface area contributed by atoms with Gasteiger partial charge in [-0.2, -0.15) is 0 Å². The molecule has 1 aromatic heterocycles. The standard InChI is InChI=1S/C13H19N3OS/c1-2-3-12-15-6-11(18-12)13(17)16-7-9-4-14-5-10(9)8-16/h6,9-10,14H,2-5,7-8H2,1H3/t9-,10+.